The molecule has 25 heavy (non-hydrogen) atoms. The number of anilines is 1. The number of nitrogens with one attached hydrogen (secondary N) is 1. The number of aryl methyl sites for hydroxylation is 2. The minimum Gasteiger partial charge on any atom is -0.449 e. The average molecular weight is 340 g/mol. The molecule has 0 bridgehead atoms. The van der Waals surface area contributed by atoms with Gasteiger partial charge in [0.25, 0.3) is 5.91 Å². The monoisotopic (exact) mass is 340 g/mol. The van der Waals surface area contributed by atoms with Crippen molar-refractivity contribution >= 4 is 23.5 Å². The van der Waals surface area contributed by atoms with E-state index in [2.05, 4.69) is 5.32 Å². The Bertz CT molecular complexity index is 813. The van der Waals surface area contributed by atoms with E-state index in [1.807, 2.05) is 26.0 Å². The van der Waals surface area contributed by atoms with Crippen LogP contribution in [0, 0.1) is 13.8 Å². The van der Waals surface area contributed by atoms with Gasteiger partial charge in [-0.05, 0) is 56.7 Å². The van der Waals surface area contributed by atoms with Gasteiger partial charge in [0.05, 0.1) is 5.56 Å². The SMILES string of the molecule is Cc1ccc(NC(=O)C(C)OC(=O)c2ccc(C(N)=O)cc2)c(C)c1. The maximum atomic E-state index is 12.2. The van der Waals surface area contributed by atoms with Gasteiger partial charge in [0.2, 0.25) is 5.91 Å². The predicted octanol–water partition coefficient (Wildman–Crippen LogP) is 2.59. The molecular weight excluding hydrogens is 320 g/mol. The van der Waals surface area contributed by atoms with Crippen molar-refractivity contribution in [3.05, 3.63) is 64.7 Å². The van der Waals surface area contributed by atoms with Crippen molar-refractivity contribution in [1.82, 2.24) is 0 Å². The second-order valence-electron chi connectivity index (χ2n) is 5.80. The van der Waals surface area contributed by atoms with Crippen LogP contribution in [0.4, 0.5) is 5.69 Å². The summed E-state index contributed by atoms with van der Waals surface area (Å²) in [4.78, 5) is 35.3. The van der Waals surface area contributed by atoms with Gasteiger partial charge in [-0.1, -0.05) is 17.7 Å². The molecule has 130 valence electrons. The van der Waals surface area contributed by atoms with Gasteiger partial charge in [-0.25, -0.2) is 4.79 Å². The van der Waals surface area contributed by atoms with Crippen LogP contribution < -0.4 is 11.1 Å². The number of benzene rings is 2. The predicted molar refractivity (Wildman–Crippen MR) is 94.4 cm³/mol. The molecule has 2 rings (SSSR count). The Morgan fingerprint density at radius 1 is 1.00 bits per heavy atom. The Labute approximate surface area is 146 Å². The lowest BCUT2D eigenvalue weighted by molar-refractivity contribution is -0.123. The molecule has 1 unspecified atom stereocenters. The van der Waals surface area contributed by atoms with Crippen molar-refractivity contribution in [3.8, 4) is 0 Å². The van der Waals surface area contributed by atoms with Gasteiger partial charge in [0.15, 0.2) is 6.10 Å². The van der Waals surface area contributed by atoms with Crippen molar-refractivity contribution in [2.24, 2.45) is 5.73 Å². The molecule has 0 fully saturated rings. The molecule has 0 aliphatic heterocycles. The van der Waals surface area contributed by atoms with Crippen LogP contribution in [0.25, 0.3) is 0 Å². The van der Waals surface area contributed by atoms with Crippen molar-refractivity contribution in [2.45, 2.75) is 26.9 Å². The number of ether oxygens (including phenoxy) is 1. The van der Waals surface area contributed by atoms with Crippen LogP contribution in [0.3, 0.4) is 0 Å². The first-order chi connectivity index (χ1) is 11.8. The second-order valence-corrected chi connectivity index (χ2v) is 5.80. The van der Waals surface area contributed by atoms with E-state index in [1.165, 1.54) is 31.2 Å². The molecule has 2 aromatic carbocycles. The van der Waals surface area contributed by atoms with Gasteiger partial charge < -0.3 is 15.8 Å². The first kappa shape index (κ1) is 18.2. The standard InChI is InChI=1S/C19H20N2O4/c1-11-4-9-16(12(2)10-11)21-18(23)13(3)25-19(24)15-7-5-14(6-8-15)17(20)22/h4-10,13H,1-3H3,(H2,20,22)(H,21,23). The van der Waals surface area contributed by atoms with E-state index in [0.717, 1.165) is 11.1 Å². The fourth-order valence-electron chi connectivity index (χ4n) is 2.24. The maximum Gasteiger partial charge on any atom is 0.338 e. The summed E-state index contributed by atoms with van der Waals surface area (Å²) in [6.45, 7) is 5.35. The van der Waals surface area contributed by atoms with Crippen molar-refractivity contribution < 1.29 is 19.1 Å². The summed E-state index contributed by atoms with van der Waals surface area (Å²) in [7, 11) is 0. The first-order valence-corrected chi connectivity index (χ1v) is 7.77. The summed E-state index contributed by atoms with van der Waals surface area (Å²) in [5.74, 6) is -1.66. The van der Waals surface area contributed by atoms with Crippen molar-refractivity contribution in [2.75, 3.05) is 5.32 Å². The fourth-order valence-corrected chi connectivity index (χ4v) is 2.24. The zero-order chi connectivity index (χ0) is 18.6. The van der Waals surface area contributed by atoms with Crippen LogP contribution in [-0.4, -0.2) is 23.9 Å². The van der Waals surface area contributed by atoms with Gasteiger partial charge in [-0.15, -0.1) is 0 Å². The van der Waals surface area contributed by atoms with E-state index < -0.39 is 23.9 Å². The normalized spacial score (nSPS) is 11.5. The van der Waals surface area contributed by atoms with E-state index in [1.54, 1.807) is 6.07 Å². The molecule has 0 spiro atoms. The lowest BCUT2D eigenvalue weighted by atomic mass is 10.1. The lowest BCUT2D eigenvalue weighted by Crippen LogP contribution is -2.30. The molecule has 2 aromatic rings. The number of primary amides is 1. The van der Waals surface area contributed by atoms with Crippen LogP contribution in [0.1, 0.15) is 38.8 Å². The maximum absolute atomic E-state index is 12.2. The number of carbonyl (C=O) groups is 3. The molecule has 0 aliphatic carbocycles. The summed E-state index contributed by atoms with van der Waals surface area (Å²) in [6, 6.07) is 11.4. The third kappa shape index (κ3) is 4.67. The van der Waals surface area contributed by atoms with Gasteiger partial charge in [0, 0.05) is 11.3 Å². The topological polar surface area (TPSA) is 98.5 Å². The third-order valence-electron chi connectivity index (χ3n) is 3.70. The minimum absolute atomic E-state index is 0.233. The Balaban J connectivity index is 2.00. The second kappa shape index (κ2) is 7.61. The van der Waals surface area contributed by atoms with Gasteiger partial charge in [-0.3, -0.25) is 9.59 Å². The summed E-state index contributed by atoms with van der Waals surface area (Å²) < 4.78 is 5.17. The van der Waals surface area contributed by atoms with Crippen molar-refractivity contribution in [3.63, 3.8) is 0 Å². The molecule has 6 heteroatoms. The Morgan fingerprint density at radius 3 is 2.16 bits per heavy atom. The van der Waals surface area contributed by atoms with Gasteiger partial charge in [0.1, 0.15) is 0 Å². The molecule has 0 heterocycles. The fraction of sp³-hybridized carbons (Fsp3) is 0.211. The van der Waals surface area contributed by atoms with Gasteiger partial charge in [-0.2, -0.15) is 0 Å². The summed E-state index contributed by atoms with van der Waals surface area (Å²) in [5.41, 5.74) is 8.36. The van der Waals surface area contributed by atoms with E-state index >= 15 is 0 Å². The highest BCUT2D eigenvalue weighted by atomic mass is 16.5. The van der Waals surface area contributed by atoms with Crippen LogP contribution in [-0.2, 0) is 9.53 Å². The van der Waals surface area contributed by atoms with E-state index in [4.69, 9.17) is 10.5 Å². The van der Waals surface area contributed by atoms with E-state index in [9.17, 15) is 14.4 Å². The molecule has 0 aliphatic rings. The highest BCUT2D eigenvalue weighted by Gasteiger charge is 2.19. The average Bonchev–Trinajstić information content (AvgIpc) is 2.57. The zero-order valence-corrected chi connectivity index (χ0v) is 14.3. The summed E-state index contributed by atoms with van der Waals surface area (Å²) in [6.07, 6.45) is -0.968. The Morgan fingerprint density at radius 2 is 1.60 bits per heavy atom. The van der Waals surface area contributed by atoms with Crippen LogP contribution >= 0.6 is 0 Å². The first-order valence-electron chi connectivity index (χ1n) is 7.77. The quantitative estimate of drug-likeness (QED) is 0.817. The Hall–Kier alpha value is -3.15. The molecular formula is C19H20N2O4. The number of esters is 1. The number of hydrogen-bond donors (Lipinski definition) is 2. The lowest BCUT2D eigenvalue weighted by Gasteiger charge is -2.15. The highest BCUT2D eigenvalue weighted by Crippen LogP contribution is 2.17. The smallest absolute Gasteiger partial charge is 0.338 e. The molecule has 2 amide bonds. The molecule has 0 radical (unpaired) electrons. The molecule has 0 aromatic heterocycles. The summed E-state index contributed by atoms with van der Waals surface area (Å²) >= 11 is 0. The number of amides is 2. The molecule has 0 saturated heterocycles. The number of rotatable bonds is 5. The minimum atomic E-state index is -0.968. The zero-order valence-electron chi connectivity index (χ0n) is 14.3. The molecule has 6 nitrogen and oxygen atoms in total. The van der Waals surface area contributed by atoms with Crippen LogP contribution in [0.2, 0.25) is 0 Å². The number of hydrogen-bond acceptors (Lipinski definition) is 4. The number of carbonyl (C=O) groups excluding carboxylic acids is 3. The third-order valence-corrected chi connectivity index (χ3v) is 3.70. The van der Waals surface area contributed by atoms with E-state index in [-0.39, 0.29) is 11.1 Å². The highest BCUT2D eigenvalue weighted by molar-refractivity contribution is 5.98. The van der Waals surface area contributed by atoms with Crippen LogP contribution in [0.5, 0.6) is 0 Å². The summed E-state index contributed by atoms with van der Waals surface area (Å²) in [5, 5.41) is 2.74. The van der Waals surface area contributed by atoms with E-state index in [0.29, 0.717) is 5.69 Å². The molecule has 1 atom stereocenters. The van der Waals surface area contributed by atoms with Crippen molar-refractivity contribution in [1.29, 1.82) is 0 Å². The largest absolute Gasteiger partial charge is 0.449 e. The number of nitrogens with two attached hydrogens (primary N) is 1. The molecule has 3 N–H and O–H groups in total. The van der Waals surface area contributed by atoms with Crippen LogP contribution in [0.15, 0.2) is 42.5 Å². The van der Waals surface area contributed by atoms with Gasteiger partial charge >= 0.3 is 5.97 Å². The molecule has 0 saturated carbocycles. The Kier molecular flexibility index (Phi) is 5.54.